The second-order valence-electron chi connectivity index (χ2n) is 5.80. The lowest BCUT2D eigenvalue weighted by atomic mass is 10.1. The molecular formula is C19H14BrN3OS. The number of thiol groups is 1. The number of urea groups is 1. The zero-order chi connectivity index (χ0) is 17.4. The Morgan fingerprint density at radius 3 is 2.64 bits per heavy atom. The number of carbonyl (C=O) groups is 1. The van der Waals surface area contributed by atoms with E-state index in [-0.39, 0.29) is 6.03 Å². The molecular weight excluding hydrogens is 398 g/mol. The molecule has 1 heterocycles. The molecule has 0 bridgehead atoms. The summed E-state index contributed by atoms with van der Waals surface area (Å²) in [7, 11) is 0. The van der Waals surface area contributed by atoms with Crippen LogP contribution in [0.4, 0.5) is 16.2 Å². The molecule has 3 aromatic rings. The molecule has 0 fully saturated rings. The van der Waals surface area contributed by atoms with E-state index < -0.39 is 0 Å². The molecule has 4 rings (SSSR count). The van der Waals surface area contributed by atoms with Gasteiger partial charge >= 0.3 is 6.03 Å². The lowest BCUT2D eigenvalue weighted by Crippen LogP contribution is -2.26. The number of hydrogen-bond donors (Lipinski definition) is 2. The van der Waals surface area contributed by atoms with Crippen molar-refractivity contribution in [2.45, 2.75) is 6.42 Å². The highest BCUT2D eigenvalue weighted by Crippen LogP contribution is 2.39. The van der Waals surface area contributed by atoms with Crippen molar-refractivity contribution < 1.29 is 4.79 Å². The fourth-order valence-electron chi connectivity index (χ4n) is 3.03. The Labute approximate surface area is 159 Å². The van der Waals surface area contributed by atoms with E-state index in [0.29, 0.717) is 5.69 Å². The molecule has 2 aromatic carbocycles. The minimum atomic E-state index is -0.325. The molecule has 1 aliphatic rings. The van der Waals surface area contributed by atoms with Crippen molar-refractivity contribution in [3.8, 4) is 11.1 Å². The maximum Gasteiger partial charge on any atom is 0.336 e. The van der Waals surface area contributed by atoms with Crippen LogP contribution in [-0.2, 0) is 6.42 Å². The van der Waals surface area contributed by atoms with E-state index in [1.165, 1.54) is 26.6 Å². The Bertz CT molecular complexity index is 962. The predicted octanol–water partition coefficient (Wildman–Crippen LogP) is 5.30. The molecule has 1 aliphatic carbocycles. The van der Waals surface area contributed by atoms with Crippen molar-refractivity contribution in [3.05, 3.63) is 76.5 Å². The number of carbonyl (C=O) groups excluding carboxylic acids is 1. The first-order chi connectivity index (χ1) is 12.1. The monoisotopic (exact) mass is 411 g/mol. The third-order valence-electron chi connectivity index (χ3n) is 4.18. The summed E-state index contributed by atoms with van der Waals surface area (Å²) in [6.45, 7) is 0. The molecule has 0 spiro atoms. The number of hydrogen-bond acceptors (Lipinski definition) is 3. The molecule has 0 radical (unpaired) electrons. The van der Waals surface area contributed by atoms with Crippen LogP contribution in [0.1, 0.15) is 11.1 Å². The first-order valence-corrected chi connectivity index (χ1v) is 8.93. The number of aromatic nitrogens is 1. The molecule has 6 heteroatoms. The second kappa shape index (κ2) is 6.54. The van der Waals surface area contributed by atoms with Crippen molar-refractivity contribution in [2.24, 2.45) is 0 Å². The largest absolute Gasteiger partial charge is 0.336 e. The molecule has 0 unspecified atom stereocenters. The highest BCUT2D eigenvalue weighted by Gasteiger charge is 2.21. The smallest absolute Gasteiger partial charge is 0.305 e. The number of rotatable bonds is 2. The highest BCUT2D eigenvalue weighted by molar-refractivity contribution is 9.10. The van der Waals surface area contributed by atoms with Crippen molar-refractivity contribution >= 4 is 46.2 Å². The van der Waals surface area contributed by atoms with Crippen molar-refractivity contribution in [2.75, 3.05) is 9.62 Å². The van der Waals surface area contributed by atoms with Crippen molar-refractivity contribution in [1.29, 1.82) is 0 Å². The summed E-state index contributed by atoms with van der Waals surface area (Å²) in [5.74, 6) is 0. The minimum Gasteiger partial charge on any atom is -0.305 e. The number of amides is 2. The summed E-state index contributed by atoms with van der Waals surface area (Å²) in [6.07, 6.45) is 4.10. The van der Waals surface area contributed by atoms with Crippen LogP contribution in [0.5, 0.6) is 0 Å². The Morgan fingerprint density at radius 1 is 1.12 bits per heavy atom. The van der Waals surface area contributed by atoms with Gasteiger partial charge in [0.05, 0.1) is 17.6 Å². The SMILES string of the molecule is O=C(Nc1cccnc1)N(S)c1ccc2c(c1)Cc1cc(Br)ccc1-2. The van der Waals surface area contributed by atoms with Gasteiger partial charge in [-0.2, -0.15) is 0 Å². The van der Waals surface area contributed by atoms with Gasteiger partial charge < -0.3 is 5.32 Å². The maximum absolute atomic E-state index is 12.4. The number of benzene rings is 2. The Morgan fingerprint density at radius 2 is 1.88 bits per heavy atom. The fourth-order valence-corrected chi connectivity index (χ4v) is 3.61. The van der Waals surface area contributed by atoms with Gasteiger partial charge in [0, 0.05) is 10.7 Å². The van der Waals surface area contributed by atoms with Gasteiger partial charge in [0.25, 0.3) is 0 Å². The molecule has 0 saturated carbocycles. The van der Waals surface area contributed by atoms with Crippen LogP contribution in [0, 0.1) is 0 Å². The summed E-state index contributed by atoms with van der Waals surface area (Å²) in [5, 5.41) is 2.77. The summed E-state index contributed by atoms with van der Waals surface area (Å²) < 4.78 is 2.39. The van der Waals surface area contributed by atoms with Crippen LogP contribution < -0.4 is 9.62 Å². The summed E-state index contributed by atoms with van der Waals surface area (Å²) in [5.41, 5.74) is 6.29. The zero-order valence-corrected chi connectivity index (χ0v) is 15.6. The normalized spacial score (nSPS) is 11.6. The summed E-state index contributed by atoms with van der Waals surface area (Å²) >= 11 is 7.88. The topological polar surface area (TPSA) is 45.2 Å². The van der Waals surface area contributed by atoms with E-state index in [1.807, 2.05) is 24.3 Å². The van der Waals surface area contributed by atoms with Crippen molar-refractivity contribution in [1.82, 2.24) is 4.98 Å². The fraction of sp³-hybridized carbons (Fsp3) is 0.0526. The van der Waals surface area contributed by atoms with Gasteiger partial charge in [0.2, 0.25) is 0 Å². The van der Waals surface area contributed by atoms with Crippen LogP contribution >= 0.6 is 28.7 Å². The van der Waals surface area contributed by atoms with Gasteiger partial charge in [-0.05, 0) is 65.1 Å². The molecule has 4 nitrogen and oxygen atoms in total. The quantitative estimate of drug-likeness (QED) is 0.439. The molecule has 25 heavy (non-hydrogen) atoms. The van der Waals surface area contributed by atoms with Gasteiger partial charge in [-0.15, -0.1) is 0 Å². The summed E-state index contributed by atoms with van der Waals surface area (Å²) in [6, 6.07) is 15.5. The second-order valence-corrected chi connectivity index (χ2v) is 7.12. The van der Waals surface area contributed by atoms with Gasteiger partial charge in [0.15, 0.2) is 0 Å². The average Bonchev–Trinajstić information content (AvgIpc) is 2.98. The molecule has 0 aliphatic heterocycles. The van der Waals surface area contributed by atoms with Crippen molar-refractivity contribution in [3.63, 3.8) is 0 Å². The lowest BCUT2D eigenvalue weighted by Gasteiger charge is -2.17. The number of halogens is 1. The third-order valence-corrected chi connectivity index (χ3v) is 5.08. The molecule has 1 aromatic heterocycles. The Hall–Kier alpha value is -2.31. The van der Waals surface area contributed by atoms with E-state index in [0.717, 1.165) is 16.6 Å². The molecule has 0 atom stereocenters. The highest BCUT2D eigenvalue weighted by atomic mass is 79.9. The summed E-state index contributed by atoms with van der Waals surface area (Å²) in [4.78, 5) is 16.4. The van der Waals surface area contributed by atoms with Crippen LogP contribution in [0.3, 0.4) is 0 Å². The van der Waals surface area contributed by atoms with Gasteiger partial charge in [-0.25, -0.2) is 9.10 Å². The third kappa shape index (κ3) is 3.15. The molecule has 2 amide bonds. The van der Waals surface area contributed by atoms with E-state index in [4.69, 9.17) is 0 Å². The Kier molecular flexibility index (Phi) is 4.23. The predicted molar refractivity (Wildman–Crippen MR) is 107 cm³/mol. The molecule has 0 saturated heterocycles. The standard InChI is InChI=1S/C19H14BrN3OS/c20-14-3-5-17-12(9-14)8-13-10-16(4-6-18(13)17)23(25)19(24)22-15-2-1-7-21-11-15/h1-7,9-11,25H,8H2,(H,22,24). The Balaban J connectivity index is 1.57. The lowest BCUT2D eigenvalue weighted by molar-refractivity contribution is 0.260. The van der Waals surface area contributed by atoms with Crippen LogP contribution in [0.25, 0.3) is 11.1 Å². The number of anilines is 2. The number of nitrogens with zero attached hydrogens (tertiary/aromatic N) is 2. The zero-order valence-electron chi connectivity index (χ0n) is 13.1. The minimum absolute atomic E-state index is 0.325. The van der Waals surface area contributed by atoms with Gasteiger partial charge in [-0.1, -0.05) is 40.9 Å². The van der Waals surface area contributed by atoms with E-state index in [1.54, 1.807) is 24.5 Å². The van der Waals surface area contributed by atoms with Crippen LogP contribution in [0.2, 0.25) is 0 Å². The van der Waals surface area contributed by atoms with Crippen LogP contribution in [-0.4, -0.2) is 11.0 Å². The van der Waals surface area contributed by atoms with E-state index in [2.05, 4.69) is 51.2 Å². The first-order valence-electron chi connectivity index (χ1n) is 7.73. The molecule has 1 N–H and O–H groups in total. The maximum atomic E-state index is 12.4. The van der Waals surface area contributed by atoms with Crippen LogP contribution in [0.15, 0.2) is 65.4 Å². The first kappa shape index (κ1) is 16.2. The molecule has 124 valence electrons. The van der Waals surface area contributed by atoms with Gasteiger partial charge in [-0.3, -0.25) is 4.98 Å². The van der Waals surface area contributed by atoms with E-state index in [9.17, 15) is 4.79 Å². The number of fused-ring (bicyclic) bond motifs is 3. The van der Waals surface area contributed by atoms with Gasteiger partial charge in [0.1, 0.15) is 0 Å². The number of nitrogens with one attached hydrogen (secondary N) is 1. The van der Waals surface area contributed by atoms with E-state index >= 15 is 0 Å². The average molecular weight is 412 g/mol. The number of pyridine rings is 1.